The number of imidazole rings is 1. The molecule has 152 valence electrons. The molecule has 1 aromatic carbocycles. The summed E-state index contributed by atoms with van der Waals surface area (Å²) in [6, 6.07) is 10.8. The van der Waals surface area contributed by atoms with Crippen molar-refractivity contribution in [2.45, 2.75) is 12.5 Å². The molecule has 8 nitrogen and oxygen atoms in total. The lowest BCUT2D eigenvalue weighted by atomic mass is 10.1. The van der Waals surface area contributed by atoms with Gasteiger partial charge in [0.1, 0.15) is 11.2 Å². The smallest absolute Gasteiger partial charge is 0.404 e. The van der Waals surface area contributed by atoms with Gasteiger partial charge in [-0.1, -0.05) is 11.6 Å². The molecule has 0 unspecified atom stereocenters. The summed E-state index contributed by atoms with van der Waals surface area (Å²) in [5, 5.41) is 12.8. The number of amides is 1. The number of nitrogens with one attached hydrogen (secondary N) is 1. The minimum Gasteiger partial charge on any atom is -0.465 e. The quantitative estimate of drug-likeness (QED) is 0.487. The van der Waals surface area contributed by atoms with Crippen LogP contribution in [0.2, 0.25) is 5.02 Å². The molecule has 1 aliphatic heterocycles. The van der Waals surface area contributed by atoms with E-state index in [1.807, 2.05) is 18.2 Å². The fourth-order valence-electron chi connectivity index (χ4n) is 3.86. The van der Waals surface area contributed by atoms with Crippen molar-refractivity contribution in [2.75, 3.05) is 18.0 Å². The lowest BCUT2D eigenvalue weighted by Gasteiger charge is -2.19. The zero-order valence-corrected chi connectivity index (χ0v) is 16.5. The molecule has 0 saturated carbocycles. The number of benzene rings is 1. The van der Waals surface area contributed by atoms with Crippen LogP contribution in [0.1, 0.15) is 6.42 Å². The third-order valence-corrected chi connectivity index (χ3v) is 5.52. The maximum atomic E-state index is 12.7. The van der Waals surface area contributed by atoms with E-state index in [9.17, 15) is 9.59 Å². The van der Waals surface area contributed by atoms with Crippen molar-refractivity contribution in [3.63, 3.8) is 0 Å². The van der Waals surface area contributed by atoms with Crippen molar-refractivity contribution in [3.8, 4) is 11.3 Å². The molecule has 1 atom stereocenters. The average Bonchev–Trinajstić information content (AvgIpc) is 3.33. The SMILES string of the molecule is O=C(O)N[C@H]1CCN(c2ccc3cc(-c4cn5cc(Cl)ccc5n4)c(=O)oc3c2)C1. The number of carbonyl (C=O) groups is 1. The van der Waals surface area contributed by atoms with E-state index < -0.39 is 11.7 Å². The van der Waals surface area contributed by atoms with Crippen LogP contribution in [0.25, 0.3) is 27.9 Å². The van der Waals surface area contributed by atoms with Gasteiger partial charge in [0, 0.05) is 42.6 Å². The lowest BCUT2D eigenvalue weighted by molar-refractivity contribution is 0.191. The van der Waals surface area contributed by atoms with E-state index in [2.05, 4.69) is 15.2 Å². The van der Waals surface area contributed by atoms with Crippen molar-refractivity contribution in [2.24, 2.45) is 0 Å². The van der Waals surface area contributed by atoms with Crippen molar-refractivity contribution >= 4 is 40.0 Å². The third kappa shape index (κ3) is 3.35. The van der Waals surface area contributed by atoms with E-state index in [1.165, 1.54) is 0 Å². The molecule has 0 radical (unpaired) electrons. The van der Waals surface area contributed by atoms with E-state index in [1.54, 1.807) is 35.0 Å². The van der Waals surface area contributed by atoms with Gasteiger partial charge in [-0.05, 0) is 36.8 Å². The van der Waals surface area contributed by atoms with Crippen LogP contribution in [0.4, 0.5) is 10.5 Å². The van der Waals surface area contributed by atoms with Crippen LogP contribution in [-0.2, 0) is 0 Å². The number of aromatic nitrogens is 2. The highest BCUT2D eigenvalue weighted by Gasteiger charge is 2.24. The Hall–Kier alpha value is -3.52. The monoisotopic (exact) mass is 424 g/mol. The number of pyridine rings is 1. The Morgan fingerprint density at radius 2 is 2.10 bits per heavy atom. The first kappa shape index (κ1) is 18.5. The second-order valence-electron chi connectivity index (χ2n) is 7.29. The molecule has 4 aromatic rings. The molecule has 1 aliphatic rings. The first-order valence-corrected chi connectivity index (χ1v) is 9.81. The zero-order valence-electron chi connectivity index (χ0n) is 15.7. The lowest BCUT2D eigenvalue weighted by Crippen LogP contribution is -2.36. The first-order chi connectivity index (χ1) is 14.5. The molecule has 0 bridgehead atoms. The molecule has 1 fully saturated rings. The normalized spacial score (nSPS) is 16.4. The molecule has 0 spiro atoms. The fourth-order valence-corrected chi connectivity index (χ4v) is 4.02. The Kier molecular flexibility index (Phi) is 4.36. The molecule has 2 N–H and O–H groups in total. The topological polar surface area (TPSA) is 100 Å². The summed E-state index contributed by atoms with van der Waals surface area (Å²) in [5.74, 6) is 0. The first-order valence-electron chi connectivity index (χ1n) is 9.43. The van der Waals surface area contributed by atoms with Crippen molar-refractivity contribution < 1.29 is 14.3 Å². The van der Waals surface area contributed by atoms with Gasteiger partial charge in [-0.15, -0.1) is 0 Å². The molecule has 1 saturated heterocycles. The molecule has 0 aliphatic carbocycles. The highest BCUT2D eigenvalue weighted by Crippen LogP contribution is 2.27. The predicted octanol–water partition coefficient (Wildman–Crippen LogP) is 3.61. The van der Waals surface area contributed by atoms with Crippen molar-refractivity contribution in [1.29, 1.82) is 0 Å². The minimum atomic E-state index is -1.02. The number of hydrogen-bond acceptors (Lipinski definition) is 5. The molecule has 1 amide bonds. The van der Waals surface area contributed by atoms with Gasteiger partial charge in [-0.2, -0.15) is 0 Å². The van der Waals surface area contributed by atoms with Gasteiger partial charge in [-0.25, -0.2) is 14.6 Å². The summed E-state index contributed by atoms with van der Waals surface area (Å²) in [6.45, 7) is 1.30. The van der Waals surface area contributed by atoms with Gasteiger partial charge in [0.15, 0.2) is 0 Å². The van der Waals surface area contributed by atoms with Crippen LogP contribution in [0.15, 0.2) is 58.0 Å². The van der Waals surface area contributed by atoms with Gasteiger partial charge < -0.3 is 24.1 Å². The van der Waals surface area contributed by atoms with E-state index in [-0.39, 0.29) is 6.04 Å². The summed E-state index contributed by atoms with van der Waals surface area (Å²) in [6.07, 6.45) is 3.18. The maximum Gasteiger partial charge on any atom is 0.404 e. The van der Waals surface area contributed by atoms with E-state index in [0.717, 1.165) is 24.0 Å². The molecule has 4 heterocycles. The predicted molar refractivity (Wildman–Crippen MR) is 113 cm³/mol. The van der Waals surface area contributed by atoms with Crippen LogP contribution in [-0.4, -0.2) is 39.7 Å². The van der Waals surface area contributed by atoms with Crippen molar-refractivity contribution in [1.82, 2.24) is 14.7 Å². The number of carboxylic acid groups (broad SMARTS) is 1. The number of nitrogens with zero attached hydrogens (tertiary/aromatic N) is 3. The third-order valence-electron chi connectivity index (χ3n) is 5.29. The van der Waals surface area contributed by atoms with Gasteiger partial charge in [-0.3, -0.25) is 0 Å². The Labute approximate surface area is 175 Å². The summed E-state index contributed by atoms with van der Waals surface area (Å²) in [5.41, 5.74) is 2.46. The van der Waals surface area contributed by atoms with Crippen LogP contribution < -0.4 is 15.8 Å². The molecule has 9 heteroatoms. The zero-order chi connectivity index (χ0) is 20.8. The summed E-state index contributed by atoms with van der Waals surface area (Å²) >= 11 is 6.02. The number of anilines is 1. The fraction of sp³-hybridized carbons (Fsp3) is 0.190. The molecule has 5 rings (SSSR count). The van der Waals surface area contributed by atoms with Gasteiger partial charge in [0.05, 0.1) is 22.3 Å². The Bertz CT molecular complexity index is 1350. The Morgan fingerprint density at radius 1 is 1.23 bits per heavy atom. The van der Waals surface area contributed by atoms with Crippen LogP contribution in [0.3, 0.4) is 0 Å². The Morgan fingerprint density at radius 3 is 2.93 bits per heavy atom. The maximum absolute atomic E-state index is 12.7. The van der Waals surface area contributed by atoms with Crippen molar-refractivity contribution in [3.05, 3.63) is 64.2 Å². The molecular formula is C21H17ClN4O4. The minimum absolute atomic E-state index is 0.115. The number of hydrogen-bond donors (Lipinski definition) is 2. The highest BCUT2D eigenvalue weighted by atomic mass is 35.5. The number of fused-ring (bicyclic) bond motifs is 2. The van der Waals surface area contributed by atoms with E-state index >= 15 is 0 Å². The number of rotatable bonds is 3. The van der Waals surface area contributed by atoms with Crippen LogP contribution in [0.5, 0.6) is 0 Å². The molecular weight excluding hydrogens is 408 g/mol. The summed E-state index contributed by atoms with van der Waals surface area (Å²) in [4.78, 5) is 30.0. The van der Waals surface area contributed by atoms with E-state index in [0.29, 0.717) is 34.1 Å². The number of halogens is 1. The Balaban J connectivity index is 1.48. The standard InChI is InChI=1S/C21H17ClN4O4/c22-13-2-4-19-24-17(11-26(19)9-13)16-7-12-1-3-15(8-18(12)30-20(16)27)25-6-5-14(10-25)23-21(28)29/h1-4,7-9,11,14,23H,5-6,10H2,(H,28,29)/t14-/m0/s1. The second kappa shape index (κ2) is 7.07. The second-order valence-corrected chi connectivity index (χ2v) is 7.73. The summed E-state index contributed by atoms with van der Waals surface area (Å²) < 4.78 is 7.35. The summed E-state index contributed by atoms with van der Waals surface area (Å²) in [7, 11) is 0. The van der Waals surface area contributed by atoms with E-state index in [4.69, 9.17) is 21.1 Å². The largest absolute Gasteiger partial charge is 0.465 e. The highest BCUT2D eigenvalue weighted by molar-refractivity contribution is 6.30. The van der Waals surface area contributed by atoms with Gasteiger partial charge in [0.25, 0.3) is 0 Å². The molecule has 3 aromatic heterocycles. The van der Waals surface area contributed by atoms with Crippen LogP contribution in [0, 0.1) is 0 Å². The van der Waals surface area contributed by atoms with Crippen LogP contribution >= 0.6 is 11.6 Å². The van der Waals surface area contributed by atoms with Gasteiger partial charge >= 0.3 is 11.7 Å². The van der Waals surface area contributed by atoms with Gasteiger partial charge in [0.2, 0.25) is 0 Å². The average molecular weight is 425 g/mol. The molecule has 30 heavy (non-hydrogen) atoms.